The van der Waals surface area contributed by atoms with Crippen LogP contribution in [-0.4, -0.2) is 48.7 Å². The molecular weight excluding hydrogens is 390 g/mol. The minimum absolute atomic E-state index is 0.0385. The molecule has 0 amide bonds. The minimum Gasteiger partial charge on any atom is -0.298 e. The molecule has 0 saturated carbocycles. The highest BCUT2D eigenvalue weighted by Gasteiger charge is 2.30. The van der Waals surface area contributed by atoms with Crippen LogP contribution in [0.5, 0.6) is 0 Å². The second-order valence-corrected chi connectivity index (χ2v) is 9.51. The first-order chi connectivity index (χ1) is 13.7. The van der Waals surface area contributed by atoms with E-state index >= 15 is 0 Å². The fraction of sp³-hybridized carbons (Fsp3) is 0.429. The molecule has 0 spiro atoms. The predicted octanol–water partition coefficient (Wildman–Crippen LogP) is 3.42. The molecule has 2 aromatic rings. The van der Waals surface area contributed by atoms with Crippen LogP contribution in [0.3, 0.4) is 0 Å². The molecule has 1 aliphatic heterocycles. The molecule has 156 valence electrons. The van der Waals surface area contributed by atoms with Crippen molar-refractivity contribution in [2.75, 3.05) is 26.2 Å². The SMILES string of the molecule is Cc1ccccc1CN1CCCN(S(=O)(=O)c2cc([N+](=O)[O-])cc(C)c2C)CC1. The first-order valence-electron chi connectivity index (χ1n) is 9.73. The van der Waals surface area contributed by atoms with E-state index in [4.69, 9.17) is 0 Å². The van der Waals surface area contributed by atoms with E-state index in [1.165, 1.54) is 27.6 Å². The summed E-state index contributed by atoms with van der Waals surface area (Å²) in [6, 6.07) is 10.8. The Balaban J connectivity index is 1.81. The number of benzene rings is 2. The van der Waals surface area contributed by atoms with Gasteiger partial charge in [-0.15, -0.1) is 0 Å². The average Bonchev–Trinajstić information content (AvgIpc) is 2.91. The summed E-state index contributed by atoms with van der Waals surface area (Å²) in [7, 11) is -3.80. The van der Waals surface area contributed by atoms with Gasteiger partial charge in [0, 0.05) is 38.3 Å². The molecule has 7 nitrogen and oxygen atoms in total. The normalized spacial score (nSPS) is 16.5. The Morgan fingerprint density at radius 2 is 1.72 bits per heavy atom. The maximum absolute atomic E-state index is 13.3. The Kier molecular flexibility index (Phi) is 6.36. The van der Waals surface area contributed by atoms with Gasteiger partial charge in [0.15, 0.2) is 0 Å². The first kappa shape index (κ1) is 21.4. The predicted molar refractivity (Wildman–Crippen MR) is 112 cm³/mol. The lowest BCUT2D eigenvalue weighted by Crippen LogP contribution is -2.35. The van der Waals surface area contributed by atoms with Crippen molar-refractivity contribution in [3.63, 3.8) is 0 Å². The molecule has 2 aromatic carbocycles. The number of nitrogens with zero attached hydrogens (tertiary/aromatic N) is 3. The van der Waals surface area contributed by atoms with Gasteiger partial charge in [0.2, 0.25) is 10.0 Å². The van der Waals surface area contributed by atoms with E-state index in [-0.39, 0.29) is 10.6 Å². The Hall–Kier alpha value is -2.29. The molecule has 0 aromatic heterocycles. The van der Waals surface area contributed by atoms with E-state index in [1.54, 1.807) is 13.8 Å². The zero-order valence-electron chi connectivity index (χ0n) is 17.1. The Labute approximate surface area is 172 Å². The Morgan fingerprint density at radius 1 is 1.00 bits per heavy atom. The van der Waals surface area contributed by atoms with Crippen molar-refractivity contribution in [1.82, 2.24) is 9.21 Å². The number of sulfonamides is 1. The third-order valence-corrected chi connectivity index (χ3v) is 7.66. The number of hydrogen-bond donors (Lipinski definition) is 0. The van der Waals surface area contributed by atoms with Gasteiger partial charge in [0.1, 0.15) is 0 Å². The van der Waals surface area contributed by atoms with E-state index in [0.717, 1.165) is 19.5 Å². The van der Waals surface area contributed by atoms with Gasteiger partial charge in [-0.3, -0.25) is 15.0 Å². The summed E-state index contributed by atoms with van der Waals surface area (Å²) in [5, 5.41) is 11.2. The molecule has 1 fully saturated rings. The van der Waals surface area contributed by atoms with Crippen LogP contribution in [0.25, 0.3) is 0 Å². The summed E-state index contributed by atoms with van der Waals surface area (Å²) in [6.07, 6.45) is 0.720. The lowest BCUT2D eigenvalue weighted by molar-refractivity contribution is -0.385. The van der Waals surface area contributed by atoms with Crippen LogP contribution in [0, 0.1) is 30.9 Å². The zero-order chi connectivity index (χ0) is 21.2. The van der Waals surface area contributed by atoms with Gasteiger partial charge in [-0.1, -0.05) is 24.3 Å². The molecule has 3 rings (SSSR count). The van der Waals surface area contributed by atoms with Crippen LogP contribution in [-0.2, 0) is 16.6 Å². The molecule has 1 aliphatic rings. The zero-order valence-corrected chi connectivity index (χ0v) is 17.9. The smallest absolute Gasteiger partial charge is 0.271 e. The van der Waals surface area contributed by atoms with Crippen LogP contribution in [0.1, 0.15) is 28.7 Å². The van der Waals surface area contributed by atoms with Crippen molar-refractivity contribution in [2.45, 2.75) is 38.6 Å². The lowest BCUT2D eigenvalue weighted by atomic mass is 10.1. The summed E-state index contributed by atoms with van der Waals surface area (Å²) in [6.45, 7) is 8.49. The Morgan fingerprint density at radius 3 is 2.41 bits per heavy atom. The highest BCUT2D eigenvalue weighted by Crippen LogP contribution is 2.28. The first-order valence-corrected chi connectivity index (χ1v) is 11.2. The standard InChI is InChI=1S/C21H27N3O4S/c1-16-7-4-5-8-19(16)15-22-9-6-10-23(12-11-22)29(27,28)21-14-20(24(25)26)13-17(2)18(21)3/h4-5,7-8,13-14H,6,9-12,15H2,1-3H3. The maximum Gasteiger partial charge on any atom is 0.271 e. The van der Waals surface area contributed by atoms with Gasteiger partial charge >= 0.3 is 0 Å². The summed E-state index contributed by atoms with van der Waals surface area (Å²) >= 11 is 0. The van der Waals surface area contributed by atoms with Crippen LogP contribution in [0.2, 0.25) is 0 Å². The molecule has 8 heteroatoms. The number of rotatable bonds is 5. The van der Waals surface area contributed by atoms with Gasteiger partial charge in [0.25, 0.3) is 5.69 Å². The van der Waals surface area contributed by atoms with E-state index in [2.05, 4.69) is 24.0 Å². The molecule has 0 unspecified atom stereocenters. The van der Waals surface area contributed by atoms with E-state index in [9.17, 15) is 18.5 Å². The molecule has 1 heterocycles. The topological polar surface area (TPSA) is 83.8 Å². The highest BCUT2D eigenvalue weighted by atomic mass is 32.2. The molecule has 0 bridgehead atoms. The monoisotopic (exact) mass is 417 g/mol. The number of nitro groups is 1. The van der Waals surface area contributed by atoms with Crippen LogP contribution in [0.4, 0.5) is 5.69 Å². The summed E-state index contributed by atoms with van der Waals surface area (Å²) < 4.78 is 28.1. The molecule has 0 N–H and O–H groups in total. The third kappa shape index (κ3) is 4.66. The molecule has 0 atom stereocenters. The van der Waals surface area contributed by atoms with Gasteiger partial charge in [-0.2, -0.15) is 4.31 Å². The van der Waals surface area contributed by atoms with Gasteiger partial charge in [-0.05, 0) is 56.0 Å². The molecular formula is C21H27N3O4S. The van der Waals surface area contributed by atoms with Gasteiger partial charge in [-0.25, -0.2) is 8.42 Å². The van der Waals surface area contributed by atoms with E-state index in [1.807, 2.05) is 12.1 Å². The number of non-ortho nitro benzene ring substituents is 1. The molecule has 0 aliphatic carbocycles. The molecule has 29 heavy (non-hydrogen) atoms. The summed E-state index contributed by atoms with van der Waals surface area (Å²) in [4.78, 5) is 13.0. The van der Waals surface area contributed by atoms with Crippen molar-refractivity contribution in [2.24, 2.45) is 0 Å². The van der Waals surface area contributed by atoms with Crippen LogP contribution >= 0.6 is 0 Å². The summed E-state index contributed by atoms with van der Waals surface area (Å²) in [5.41, 5.74) is 3.45. The average molecular weight is 418 g/mol. The summed E-state index contributed by atoms with van der Waals surface area (Å²) in [5.74, 6) is 0. The van der Waals surface area contributed by atoms with Crippen molar-refractivity contribution in [1.29, 1.82) is 0 Å². The lowest BCUT2D eigenvalue weighted by Gasteiger charge is -2.23. The van der Waals surface area contributed by atoms with Crippen molar-refractivity contribution >= 4 is 15.7 Å². The van der Waals surface area contributed by atoms with Crippen molar-refractivity contribution in [3.05, 3.63) is 68.8 Å². The van der Waals surface area contributed by atoms with E-state index in [0.29, 0.717) is 30.8 Å². The van der Waals surface area contributed by atoms with Crippen LogP contribution in [0.15, 0.2) is 41.3 Å². The van der Waals surface area contributed by atoms with Gasteiger partial charge < -0.3 is 0 Å². The number of aryl methyl sites for hydroxylation is 2. The molecule has 1 saturated heterocycles. The van der Waals surface area contributed by atoms with E-state index < -0.39 is 14.9 Å². The second-order valence-electron chi connectivity index (χ2n) is 7.60. The second kappa shape index (κ2) is 8.61. The maximum atomic E-state index is 13.3. The third-order valence-electron chi connectivity index (χ3n) is 5.64. The quantitative estimate of drug-likeness (QED) is 0.550. The van der Waals surface area contributed by atoms with Crippen molar-refractivity contribution < 1.29 is 13.3 Å². The number of hydrogen-bond acceptors (Lipinski definition) is 5. The van der Waals surface area contributed by atoms with Crippen molar-refractivity contribution in [3.8, 4) is 0 Å². The van der Waals surface area contributed by atoms with Crippen LogP contribution < -0.4 is 0 Å². The fourth-order valence-electron chi connectivity index (χ4n) is 3.70. The highest BCUT2D eigenvalue weighted by molar-refractivity contribution is 7.89. The minimum atomic E-state index is -3.80. The molecule has 0 radical (unpaired) electrons. The van der Waals surface area contributed by atoms with Gasteiger partial charge in [0.05, 0.1) is 9.82 Å². The Bertz CT molecular complexity index is 1020. The number of nitro benzene ring substituents is 1. The fourth-order valence-corrected chi connectivity index (χ4v) is 5.48. The largest absolute Gasteiger partial charge is 0.298 e.